The molecule has 0 atom stereocenters. The Kier molecular flexibility index (Phi) is 4.26. The van der Waals surface area contributed by atoms with Gasteiger partial charge in [-0.25, -0.2) is 4.57 Å². The molecule has 1 aliphatic heterocycles. The highest BCUT2D eigenvalue weighted by Gasteiger charge is 2.25. The van der Waals surface area contributed by atoms with Crippen LogP contribution < -0.4 is 4.57 Å². The number of hydrogen-bond acceptors (Lipinski definition) is 2. The second-order valence-electron chi connectivity index (χ2n) is 9.97. The van der Waals surface area contributed by atoms with Crippen LogP contribution in [0.25, 0.3) is 75.7 Å². The van der Waals surface area contributed by atoms with E-state index >= 15 is 0 Å². The molecule has 0 spiro atoms. The Labute approximate surface area is 219 Å². The molecule has 0 aliphatic carbocycles. The van der Waals surface area contributed by atoms with Gasteiger partial charge in [-0.2, -0.15) is 0 Å². The Bertz CT molecular complexity index is 2070. The molecule has 37 heavy (non-hydrogen) atoms. The van der Waals surface area contributed by atoms with Gasteiger partial charge in [-0.15, -0.1) is 11.3 Å². The molecule has 0 fully saturated rings. The third kappa shape index (κ3) is 2.92. The fraction of sp³-hybridized carbons (Fsp3) is 0.0588. The molecule has 0 unspecified atom stereocenters. The number of thiophene rings is 1. The van der Waals surface area contributed by atoms with Crippen molar-refractivity contribution in [2.75, 3.05) is 0 Å². The molecule has 174 valence electrons. The molecule has 3 heteroatoms. The minimum atomic E-state index is 1.08. The van der Waals surface area contributed by atoms with Crippen molar-refractivity contribution in [2.24, 2.45) is 7.05 Å². The minimum Gasteiger partial charge on any atom is -0.231 e. The largest absolute Gasteiger partial charge is 0.287 e. The predicted octanol–water partition coefficient (Wildman–Crippen LogP) is 8.72. The van der Waals surface area contributed by atoms with E-state index < -0.39 is 0 Å². The molecule has 1 aliphatic rings. The second-order valence-corrected chi connectivity index (χ2v) is 11.0. The van der Waals surface area contributed by atoms with E-state index in [0.29, 0.717) is 0 Å². The van der Waals surface area contributed by atoms with E-state index in [1.807, 2.05) is 17.7 Å². The van der Waals surface area contributed by atoms with Crippen molar-refractivity contribution < 1.29 is 4.57 Å². The van der Waals surface area contributed by atoms with Crippen LogP contribution in [0.4, 0.5) is 0 Å². The zero-order chi connectivity index (χ0) is 24.7. The van der Waals surface area contributed by atoms with E-state index in [1.165, 1.54) is 75.8 Å². The molecule has 2 aromatic heterocycles. The minimum absolute atomic E-state index is 1.08. The van der Waals surface area contributed by atoms with Crippen molar-refractivity contribution in [1.82, 2.24) is 4.98 Å². The maximum Gasteiger partial charge on any atom is 0.287 e. The second kappa shape index (κ2) is 7.58. The van der Waals surface area contributed by atoms with Gasteiger partial charge in [-0.05, 0) is 85.9 Å². The third-order valence-electron chi connectivity index (χ3n) is 7.87. The number of nitrogens with zero attached hydrogens (tertiary/aromatic N) is 2. The average Bonchev–Trinajstić information content (AvgIpc) is 3.32. The lowest BCUT2D eigenvalue weighted by Crippen LogP contribution is -2.31. The molecule has 2 nitrogen and oxygen atoms in total. The number of aryl methyl sites for hydroxylation is 2. The highest BCUT2D eigenvalue weighted by molar-refractivity contribution is 7.26. The van der Waals surface area contributed by atoms with Gasteiger partial charge in [0.1, 0.15) is 4.70 Å². The quantitative estimate of drug-likeness (QED) is 0.194. The van der Waals surface area contributed by atoms with Gasteiger partial charge in [0, 0.05) is 15.6 Å². The summed E-state index contributed by atoms with van der Waals surface area (Å²) in [5.41, 5.74) is 12.3. The number of benzene rings is 5. The van der Waals surface area contributed by atoms with Gasteiger partial charge in [0.2, 0.25) is 5.52 Å². The summed E-state index contributed by atoms with van der Waals surface area (Å²) in [5, 5.41) is 3.80. The first-order valence-electron chi connectivity index (χ1n) is 12.6. The molecule has 8 rings (SSSR count). The van der Waals surface area contributed by atoms with Crippen LogP contribution in [0.3, 0.4) is 0 Å². The number of hydrogen-bond donors (Lipinski definition) is 0. The Balaban J connectivity index is 1.64. The van der Waals surface area contributed by atoms with Crippen molar-refractivity contribution in [2.45, 2.75) is 6.92 Å². The fourth-order valence-electron chi connectivity index (χ4n) is 6.03. The lowest BCUT2D eigenvalue weighted by Gasteiger charge is -2.16. The maximum atomic E-state index is 4.95. The molecule has 5 aromatic carbocycles. The van der Waals surface area contributed by atoms with Crippen molar-refractivity contribution in [3.05, 3.63) is 109 Å². The summed E-state index contributed by atoms with van der Waals surface area (Å²) < 4.78 is 4.72. The van der Waals surface area contributed by atoms with Crippen molar-refractivity contribution in [1.29, 1.82) is 0 Å². The molecule has 0 radical (unpaired) electrons. The van der Waals surface area contributed by atoms with Gasteiger partial charge >= 0.3 is 0 Å². The third-order valence-corrected chi connectivity index (χ3v) is 9.10. The molecular weight excluding hydrogens is 468 g/mol. The van der Waals surface area contributed by atoms with Gasteiger partial charge in [0.05, 0.1) is 7.05 Å². The van der Waals surface area contributed by atoms with Crippen LogP contribution >= 0.6 is 11.3 Å². The van der Waals surface area contributed by atoms with Gasteiger partial charge in [-0.3, -0.25) is 0 Å². The maximum absolute atomic E-state index is 4.95. The van der Waals surface area contributed by atoms with Gasteiger partial charge < -0.3 is 0 Å². The Hall–Kier alpha value is -4.34. The first-order chi connectivity index (χ1) is 18.2. The SMILES string of the molecule is Cc1c2cc(c3ccccc13)-c1cccc(c1)-c1cccc(c1)-c1cccc3c1sc1c-2[n+](C)cnc13. The molecule has 3 heterocycles. The standard InChI is InChI=1S/C34H23N2S/c1-20-25-12-3-4-13-27(25)30-18-29(20)32-34-31(35-19-36(32)2)28-15-7-14-26(33(28)37-34)23-10-5-8-21(16-23)22-9-6-11-24(30)17-22/h3-19H,1-2H3/q+1. The first-order valence-corrected chi connectivity index (χ1v) is 13.4. The summed E-state index contributed by atoms with van der Waals surface area (Å²) in [5.74, 6) is 0. The summed E-state index contributed by atoms with van der Waals surface area (Å²) in [7, 11) is 2.12. The fourth-order valence-corrected chi connectivity index (χ4v) is 7.42. The lowest BCUT2D eigenvalue weighted by atomic mass is 9.89. The highest BCUT2D eigenvalue weighted by Crippen LogP contribution is 2.45. The molecule has 8 bridgehead atoms. The van der Waals surface area contributed by atoms with Gasteiger partial charge in [0.25, 0.3) is 6.33 Å². The van der Waals surface area contributed by atoms with Crippen molar-refractivity contribution >= 4 is 42.4 Å². The van der Waals surface area contributed by atoms with E-state index in [9.17, 15) is 0 Å². The van der Waals surface area contributed by atoms with E-state index in [-0.39, 0.29) is 0 Å². The van der Waals surface area contributed by atoms with Crippen molar-refractivity contribution in [3.8, 4) is 44.6 Å². The summed E-state index contributed by atoms with van der Waals surface area (Å²) >= 11 is 1.86. The highest BCUT2D eigenvalue weighted by atomic mass is 32.1. The van der Waals surface area contributed by atoms with Crippen LogP contribution in [-0.4, -0.2) is 4.98 Å². The zero-order valence-corrected chi connectivity index (χ0v) is 21.4. The summed E-state index contributed by atoms with van der Waals surface area (Å²) in [6.45, 7) is 2.26. The predicted molar refractivity (Wildman–Crippen MR) is 156 cm³/mol. The number of aromatic nitrogens is 2. The van der Waals surface area contributed by atoms with E-state index in [2.05, 4.69) is 116 Å². The Morgan fingerprint density at radius 1 is 0.595 bits per heavy atom. The smallest absolute Gasteiger partial charge is 0.231 e. The molecule has 0 N–H and O–H groups in total. The van der Waals surface area contributed by atoms with Crippen LogP contribution in [0.1, 0.15) is 5.56 Å². The Morgan fingerprint density at radius 3 is 2.03 bits per heavy atom. The summed E-state index contributed by atoms with van der Waals surface area (Å²) in [6, 6.07) is 35.8. The van der Waals surface area contributed by atoms with E-state index in [0.717, 1.165) is 5.52 Å². The molecule has 0 amide bonds. The van der Waals surface area contributed by atoms with Crippen LogP contribution in [0.15, 0.2) is 103 Å². The van der Waals surface area contributed by atoms with E-state index in [1.54, 1.807) is 0 Å². The first kappa shape index (κ1) is 20.8. The van der Waals surface area contributed by atoms with Gasteiger partial charge in [-0.1, -0.05) is 72.8 Å². The monoisotopic (exact) mass is 491 g/mol. The molecular formula is C34H23N2S+. The topological polar surface area (TPSA) is 16.8 Å². The average molecular weight is 492 g/mol. The van der Waals surface area contributed by atoms with Crippen LogP contribution in [-0.2, 0) is 7.05 Å². The molecule has 7 aromatic rings. The van der Waals surface area contributed by atoms with Crippen LogP contribution in [0.5, 0.6) is 0 Å². The summed E-state index contributed by atoms with van der Waals surface area (Å²) in [4.78, 5) is 4.95. The lowest BCUT2D eigenvalue weighted by molar-refractivity contribution is -0.662. The number of fused-ring (bicyclic) bond motifs is 13. The number of rotatable bonds is 0. The summed E-state index contributed by atoms with van der Waals surface area (Å²) in [6.07, 6.45) is 1.98. The molecule has 0 saturated carbocycles. The van der Waals surface area contributed by atoms with Crippen LogP contribution in [0, 0.1) is 6.92 Å². The van der Waals surface area contributed by atoms with Crippen LogP contribution in [0.2, 0.25) is 0 Å². The van der Waals surface area contributed by atoms with Gasteiger partial charge in [0.15, 0.2) is 5.69 Å². The Morgan fingerprint density at radius 2 is 1.24 bits per heavy atom. The van der Waals surface area contributed by atoms with E-state index in [4.69, 9.17) is 4.98 Å². The normalized spacial score (nSPS) is 12.1. The zero-order valence-electron chi connectivity index (χ0n) is 20.6. The molecule has 0 saturated heterocycles. The van der Waals surface area contributed by atoms with Crippen molar-refractivity contribution in [3.63, 3.8) is 0 Å².